The van der Waals surface area contributed by atoms with Gasteiger partial charge in [0, 0.05) is 25.3 Å². The summed E-state index contributed by atoms with van der Waals surface area (Å²) in [7, 11) is 0. The zero-order valence-electron chi connectivity index (χ0n) is 13.4. The lowest BCUT2D eigenvalue weighted by molar-refractivity contribution is 0.0597. The average molecular weight is 315 g/mol. The SMILES string of the molecule is Cc1nc2ccc(NC(=O)N[C@]3(C)CCO[C@H]3C3CC3)cc2o1. The van der Waals surface area contributed by atoms with Crippen molar-refractivity contribution in [3.63, 3.8) is 0 Å². The molecule has 6 nitrogen and oxygen atoms in total. The van der Waals surface area contributed by atoms with Gasteiger partial charge in [-0.15, -0.1) is 0 Å². The number of amides is 2. The van der Waals surface area contributed by atoms with Crippen molar-refractivity contribution >= 4 is 22.8 Å². The van der Waals surface area contributed by atoms with Crippen molar-refractivity contribution in [1.82, 2.24) is 10.3 Å². The van der Waals surface area contributed by atoms with Gasteiger partial charge >= 0.3 is 6.03 Å². The summed E-state index contributed by atoms with van der Waals surface area (Å²) in [4.78, 5) is 16.6. The Morgan fingerprint density at radius 2 is 2.22 bits per heavy atom. The van der Waals surface area contributed by atoms with Crippen LogP contribution in [-0.4, -0.2) is 29.3 Å². The summed E-state index contributed by atoms with van der Waals surface area (Å²) in [6, 6.07) is 5.25. The molecule has 23 heavy (non-hydrogen) atoms. The van der Waals surface area contributed by atoms with E-state index < -0.39 is 0 Å². The Morgan fingerprint density at radius 3 is 3.00 bits per heavy atom. The Hall–Kier alpha value is -2.08. The maximum absolute atomic E-state index is 12.4. The van der Waals surface area contributed by atoms with E-state index >= 15 is 0 Å². The van der Waals surface area contributed by atoms with E-state index in [4.69, 9.17) is 9.15 Å². The van der Waals surface area contributed by atoms with E-state index in [9.17, 15) is 4.79 Å². The van der Waals surface area contributed by atoms with Crippen molar-refractivity contribution in [3.05, 3.63) is 24.1 Å². The van der Waals surface area contributed by atoms with E-state index in [-0.39, 0.29) is 17.7 Å². The van der Waals surface area contributed by atoms with Gasteiger partial charge < -0.3 is 19.8 Å². The number of nitrogens with zero attached hydrogens (tertiary/aromatic N) is 1. The first-order valence-corrected chi connectivity index (χ1v) is 8.11. The van der Waals surface area contributed by atoms with Gasteiger partial charge in [0.2, 0.25) is 0 Å². The number of benzene rings is 1. The lowest BCUT2D eigenvalue weighted by Gasteiger charge is -2.31. The summed E-state index contributed by atoms with van der Waals surface area (Å²) in [5.74, 6) is 1.21. The summed E-state index contributed by atoms with van der Waals surface area (Å²) in [6.45, 7) is 4.59. The number of fused-ring (bicyclic) bond motifs is 1. The van der Waals surface area contributed by atoms with Crippen LogP contribution in [0.15, 0.2) is 22.6 Å². The van der Waals surface area contributed by atoms with Crippen LogP contribution in [0.5, 0.6) is 0 Å². The molecule has 2 N–H and O–H groups in total. The van der Waals surface area contributed by atoms with Gasteiger partial charge in [-0.3, -0.25) is 0 Å². The number of oxazole rings is 1. The maximum atomic E-state index is 12.4. The molecule has 0 bridgehead atoms. The summed E-state index contributed by atoms with van der Waals surface area (Å²) >= 11 is 0. The Labute approximate surface area is 134 Å². The molecule has 2 fully saturated rings. The second-order valence-corrected chi connectivity index (χ2v) is 6.79. The Balaban J connectivity index is 1.46. The topological polar surface area (TPSA) is 76.4 Å². The minimum atomic E-state index is -0.293. The number of hydrogen-bond donors (Lipinski definition) is 2. The molecule has 0 unspecified atom stereocenters. The van der Waals surface area contributed by atoms with Crippen LogP contribution in [-0.2, 0) is 4.74 Å². The van der Waals surface area contributed by atoms with E-state index in [1.807, 2.05) is 12.1 Å². The van der Waals surface area contributed by atoms with Crippen LogP contribution < -0.4 is 10.6 Å². The second kappa shape index (κ2) is 5.23. The van der Waals surface area contributed by atoms with E-state index in [0.29, 0.717) is 29.7 Å². The van der Waals surface area contributed by atoms with Gasteiger partial charge in [0.15, 0.2) is 11.5 Å². The Bertz CT molecular complexity index is 753. The molecule has 4 rings (SSSR count). The van der Waals surface area contributed by atoms with Gasteiger partial charge in [0.25, 0.3) is 0 Å². The minimum Gasteiger partial charge on any atom is -0.441 e. The van der Waals surface area contributed by atoms with Crippen LogP contribution in [0.2, 0.25) is 0 Å². The number of carbonyl (C=O) groups is 1. The molecule has 1 saturated carbocycles. The zero-order chi connectivity index (χ0) is 16.0. The lowest BCUT2D eigenvalue weighted by Crippen LogP contribution is -2.53. The van der Waals surface area contributed by atoms with Crippen molar-refractivity contribution in [2.24, 2.45) is 5.92 Å². The molecule has 2 atom stereocenters. The first-order chi connectivity index (χ1) is 11.0. The molecule has 0 radical (unpaired) electrons. The first kappa shape index (κ1) is 14.5. The molecule has 1 aliphatic carbocycles. The highest BCUT2D eigenvalue weighted by atomic mass is 16.5. The molecule has 2 aromatic rings. The van der Waals surface area contributed by atoms with E-state index in [1.54, 1.807) is 13.0 Å². The highest BCUT2D eigenvalue weighted by Gasteiger charge is 2.49. The largest absolute Gasteiger partial charge is 0.441 e. The highest BCUT2D eigenvalue weighted by molar-refractivity contribution is 5.92. The quantitative estimate of drug-likeness (QED) is 0.912. The van der Waals surface area contributed by atoms with Gasteiger partial charge in [-0.1, -0.05) is 0 Å². The molecule has 0 spiro atoms. The summed E-state index contributed by atoms with van der Waals surface area (Å²) < 4.78 is 11.3. The molecular formula is C17H21N3O3. The fourth-order valence-corrected chi connectivity index (χ4v) is 3.45. The van der Waals surface area contributed by atoms with Crippen molar-refractivity contribution in [2.45, 2.75) is 44.8 Å². The molecule has 2 heterocycles. The number of hydrogen-bond acceptors (Lipinski definition) is 4. The average Bonchev–Trinajstić information content (AvgIpc) is 3.15. The van der Waals surface area contributed by atoms with Crippen molar-refractivity contribution < 1.29 is 13.9 Å². The van der Waals surface area contributed by atoms with Gasteiger partial charge in [-0.25, -0.2) is 9.78 Å². The molecule has 2 aliphatic rings. The molecule has 1 aromatic carbocycles. The van der Waals surface area contributed by atoms with Crippen molar-refractivity contribution in [1.29, 1.82) is 0 Å². The molecule has 6 heteroatoms. The van der Waals surface area contributed by atoms with Crippen molar-refractivity contribution in [3.8, 4) is 0 Å². The molecule has 122 valence electrons. The van der Waals surface area contributed by atoms with Gasteiger partial charge in [0.05, 0.1) is 11.6 Å². The Morgan fingerprint density at radius 1 is 1.39 bits per heavy atom. The predicted octanol–water partition coefficient (Wildman–Crippen LogP) is 3.22. The zero-order valence-corrected chi connectivity index (χ0v) is 13.4. The monoisotopic (exact) mass is 315 g/mol. The maximum Gasteiger partial charge on any atom is 0.319 e. The molecule has 1 aliphatic heterocycles. The van der Waals surface area contributed by atoms with Gasteiger partial charge in [-0.05, 0) is 44.2 Å². The van der Waals surface area contributed by atoms with Crippen LogP contribution in [0.4, 0.5) is 10.5 Å². The number of urea groups is 1. The fourth-order valence-electron chi connectivity index (χ4n) is 3.45. The smallest absolute Gasteiger partial charge is 0.319 e. The van der Waals surface area contributed by atoms with Crippen LogP contribution >= 0.6 is 0 Å². The predicted molar refractivity (Wildman–Crippen MR) is 86.4 cm³/mol. The highest BCUT2D eigenvalue weighted by Crippen LogP contribution is 2.43. The third-order valence-electron chi connectivity index (χ3n) is 4.75. The Kier molecular flexibility index (Phi) is 3.30. The van der Waals surface area contributed by atoms with Crippen LogP contribution in [0.3, 0.4) is 0 Å². The molecule has 2 amide bonds. The van der Waals surface area contributed by atoms with Crippen LogP contribution in [0, 0.1) is 12.8 Å². The van der Waals surface area contributed by atoms with E-state index in [0.717, 1.165) is 11.9 Å². The number of carbonyl (C=O) groups excluding carboxylic acids is 1. The number of ether oxygens (including phenoxy) is 1. The van der Waals surface area contributed by atoms with Crippen LogP contribution in [0.1, 0.15) is 32.1 Å². The molecular weight excluding hydrogens is 294 g/mol. The summed E-state index contributed by atoms with van der Waals surface area (Å²) in [6.07, 6.45) is 3.38. The minimum absolute atomic E-state index is 0.132. The number of rotatable bonds is 3. The molecule has 1 aromatic heterocycles. The molecule has 1 saturated heterocycles. The van der Waals surface area contributed by atoms with E-state index in [2.05, 4.69) is 22.5 Å². The lowest BCUT2D eigenvalue weighted by atomic mass is 9.90. The standard InChI is InChI=1S/C17H21N3O3/c1-10-18-13-6-5-12(9-14(13)23-10)19-16(21)20-17(2)7-8-22-15(17)11-3-4-11/h5-6,9,11,15H,3-4,7-8H2,1-2H3,(H2,19,20,21)/t15-,17+/m0/s1. The van der Waals surface area contributed by atoms with Gasteiger partial charge in [0.1, 0.15) is 5.52 Å². The number of aromatic nitrogens is 1. The first-order valence-electron chi connectivity index (χ1n) is 8.11. The fraction of sp³-hybridized carbons (Fsp3) is 0.529. The van der Waals surface area contributed by atoms with E-state index in [1.165, 1.54) is 12.8 Å². The van der Waals surface area contributed by atoms with Crippen LogP contribution in [0.25, 0.3) is 11.1 Å². The number of aryl methyl sites for hydroxylation is 1. The summed E-state index contributed by atoms with van der Waals surface area (Å²) in [5.41, 5.74) is 1.86. The third kappa shape index (κ3) is 2.79. The van der Waals surface area contributed by atoms with Crippen molar-refractivity contribution in [2.75, 3.05) is 11.9 Å². The second-order valence-electron chi connectivity index (χ2n) is 6.79. The summed E-state index contributed by atoms with van der Waals surface area (Å²) in [5, 5.41) is 5.99. The van der Waals surface area contributed by atoms with Gasteiger partial charge in [-0.2, -0.15) is 0 Å². The third-order valence-corrected chi connectivity index (χ3v) is 4.75. The number of nitrogens with one attached hydrogen (secondary N) is 2. The number of anilines is 1. The normalized spacial score (nSPS) is 27.3.